The predicted octanol–water partition coefficient (Wildman–Crippen LogP) is 2.45. The van der Waals surface area contributed by atoms with Crippen LogP contribution >= 0.6 is 0 Å². The van der Waals surface area contributed by atoms with Crippen LogP contribution in [-0.4, -0.2) is 52.4 Å². The third-order valence-electron chi connectivity index (χ3n) is 6.12. The van der Waals surface area contributed by atoms with Gasteiger partial charge in [0.05, 0.1) is 18.4 Å². The molecule has 1 aromatic heterocycles. The number of aromatic nitrogens is 2. The van der Waals surface area contributed by atoms with Crippen molar-refractivity contribution in [2.24, 2.45) is 0 Å². The average molecular weight is 411 g/mol. The lowest BCUT2D eigenvalue weighted by Crippen LogP contribution is -2.36. The second kappa shape index (κ2) is 9.00. The zero-order valence-corrected chi connectivity index (χ0v) is 17.8. The molecule has 1 N–H and O–H groups in total. The maximum absolute atomic E-state index is 12.8. The molecule has 7 heteroatoms. The number of hydrogen-bond donors (Lipinski definition) is 1. The molecule has 1 saturated heterocycles. The van der Waals surface area contributed by atoms with Crippen LogP contribution in [0.2, 0.25) is 0 Å². The number of likely N-dealkylation sites (tertiary alicyclic amines) is 1. The summed E-state index contributed by atoms with van der Waals surface area (Å²) >= 11 is 0. The van der Waals surface area contributed by atoms with E-state index in [2.05, 4.69) is 22.0 Å². The number of rotatable bonds is 6. The second-order valence-corrected chi connectivity index (χ2v) is 8.26. The van der Waals surface area contributed by atoms with Crippen molar-refractivity contribution in [1.29, 1.82) is 0 Å². The summed E-state index contributed by atoms with van der Waals surface area (Å²) in [5.74, 6) is 1.92. The van der Waals surface area contributed by atoms with Gasteiger partial charge < -0.3 is 14.6 Å². The molecule has 7 nitrogen and oxygen atoms in total. The van der Waals surface area contributed by atoms with Gasteiger partial charge in [0.25, 0.3) is 5.56 Å². The molecule has 1 unspecified atom stereocenters. The zero-order chi connectivity index (χ0) is 21.1. The number of fused-ring (bicyclic) bond motifs is 1. The standard InChI is InChI=1S/C23H30N4O3/c1-3-4-21(28)27-12-9-17(14-27)22-24-20-10-11-26(15-19(20)23(29)25-22)13-16-5-7-18(30-2)8-6-16/h5-8,17H,3-4,9-15H2,1-2H3,(H,24,25,29). The average Bonchev–Trinajstić information content (AvgIpc) is 3.25. The molecular weight excluding hydrogens is 380 g/mol. The fourth-order valence-corrected chi connectivity index (χ4v) is 4.40. The van der Waals surface area contributed by atoms with Gasteiger partial charge in [0, 0.05) is 51.5 Å². The van der Waals surface area contributed by atoms with Crippen LogP contribution in [0, 0.1) is 0 Å². The van der Waals surface area contributed by atoms with Crippen LogP contribution in [-0.2, 0) is 24.3 Å². The Morgan fingerprint density at radius 3 is 2.80 bits per heavy atom. The first-order valence-electron chi connectivity index (χ1n) is 10.8. The fraction of sp³-hybridized carbons (Fsp3) is 0.522. The van der Waals surface area contributed by atoms with Crippen molar-refractivity contribution in [3.8, 4) is 5.75 Å². The van der Waals surface area contributed by atoms with Crippen molar-refractivity contribution in [2.75, 3.05) is 26.7 Å². The van der Waals surface area contributed by atoms with Crippen molar-refractivity contribution in [2.45, 2.75) is 51.6 Å². The molecule has 30 heavy (non-hydrogen) atoms. The highest BCUT2D eigenvalue weighted by atomic mass is 16.5. The topological polar surface area (TPSA) is 78.5 Å². The number of nitrogens with one attached hydrogen (secondary N) is 1. The number of carbonyl (C=O) groups is 1. The largest absolute Gasteiger partial charge is 0.497 e. The second-order valence-electron chi connectivity index (χ2n) is 8.26. The molecule has 0 spiro atoms. The van der Waals surface area contributed by atoms with Gasteiger partial charge in [-0.05, 0) is 30.5 Å². The highest BCUT2D eigenvalue weighted by molar-refractivity contribution is 5.76. The maximum atomic E-state index is 12.8. The van der Waals surface area contributed by atoms with Crippen molar-refractivity contribution in [3.63, 3.8) is 0 Å². The summed E-state index contributed by atoms with van der Waals surface area (Å²) in [5.41, 5.74) is 2.85. The number of aromatic amines is 1. The Labute approximate surface area is 177 Å². The van der Waals surface area contributed by atoms with Gasteiger partial charge in [0.15, 0.2) is 0 Å². The summed E-state index contributed by atoms with van der Waals surface area (Å²) in [6.45, 7) is 5.70. The Morgan fingerprint density at radius 1 is 1.27 bits per heavy atom. The van der Waals surface area contributed by atoms with E-state index in [-0.39, 0.29) is 17.4 Å². The minimum absolute atomic E-state index is 0.0345. The van der Waals surface area contributed by atoms with Crippen LogP contribution in [0.4, 0.5) is 0 Å². The van der Waals surface area contributed by atoms with Crippen LogP contribution in [0.5, 0.6) is 5.75 Å². The summed E-state index contributed by atoms with van der Waals surface area (Å²) in [5, 5.41) is 0. The normalized spacial score (nSPS) is 19.0. The third kappa shape index (κ3) is 4.41. The monoisotopic (exact) mass is 410 g/mol. The van der Waals surface area contributed by atoms with Crippen molar-refractivity contribution >= 4 is 5.91 Å². The van der Waals surface area contributed by atoms with Gasteiger partial charge in [-0.1, -0.05) is 19.1 Å². The third-order valence-corrected chi connectivity index (χ3v) is 6.12. The number of H-pyrrole nitrogens is 1. The molecule has 160 valence electrons. The first kappa shape index (κ1) is 20.6. The van der Waals surface area contributed by atoms with Gasteiger partial charge >= 0.3 is 0 Å². The number of benzene rings is 1. The summed E-state index contributed by atoms with van der Waals surface area (Å²) in [6.07, 6.45) is 3.08. The molecule has 2 aliphatic heterocycles. The van der Waals surface area contributed by atoms with Gasteiger partial charge in [-0.25, -0.2) is 4.98 Å². The van der Waals surface area contributed by atoms with Gasteiger partial charge in [0.2, 0.25) is 5.91 Å². The first-order chi connectivity index (χ1) is 14.6. The fourth-order valence-electron chi connectivity index (χ4n) is 4.40. The molecule has 1 atom stereocenters. The van der Waals surface area contributed by atoms with E-state index >= 15 is 0 Å². The van der Waals surface area contributed by atoms with Crippen LogP contribution in [0.1, 0.15) is 54.7 Å². The van der Waals surface area contributed by atoms with E-state index in [1.807, 2.05) is 24.0 Å². The molecule has 0 aliphatic carbocycles. The Morgan fingerprint density at radius 2 is 2.07 bits per heavy atom. The van der Waals surface area contributed by atoms with E-state index in [9.17, 15) is 9.59 Å². The molecular formula is C23H30N4O3. The Balaban J connectivity index is 1.44. The lowest BCUT2D eigenvalue weighted by Gasteiger charge is -2.28. The summed E-state index contributed by atoms with van der Waals surface area (Å²) in [7, 11) is 1.66. The van der Waals surface area contributed by atoms with Crippen molar-refractivity contribution in [3.05, 3.63) is 57.3 Å². The number of amides is 1. The molecule has 4 rings (SSSR count). The predicted molar refractivity (Wildman–Crippen MR) is 115 cm³/mol. The molecule has 1 fully saturated rings. The van der Waals surface area contributed by atoms with Crippen LogP contribution in [0.15, 0.2) is 29.1 Å². The van der Waals surface area contributed by atoms with Crippen LogP contribution in [0.25, 0.3) is 0 Å². The van der Waals surface area contributed by atoms with Gasteiger partial charge in [-0.2, -0.15) is 0 Å². The van der Waals surface area contributed by atoms with Crippen molar-refractivity contribution in [1.82, 2.24) is 19.8 Å². The number of carbonyl (C=O) groups excluding carboxylic acids is 1. The van der Waals surface area contributed by atoms with E-state index in [1.165, 1.54) is 5.56 Å². The highest BCUT2D eigenvalue weighted by Crippen LogP contribution is 2.26. The lowest BCUT2D eigenvalue weighted by molar-refractivity contribution is -0.130. The molecule has 2 aromatic rings. The van der Waals surface area contributed by atoms with E-state index in [0.29, 0.717) is 19.5 Å². The van der Waals surface area contributed by atoms with E-state index < -0.39 is 0 Å². The molecule has 0 radical (unpaired) electrons. The van der Waals surface area contributed by atoms with Crippen molar-refractivity contribution < 1.29 is 9.53 Å². The number of hydrogen-bond acceptors (Lipinski definition) is 5. The molecule has 0 saturated carbocycles. The number of ether oxygens (including phenoxy) is 1. The quantitative estimate of drug-likeness (QED) is 0.791. The minimum Gasteiger partial charge on any atom is -0.497 e. The van der Waals surface area contributed by atoms with Gasteiger partial charge in [-0.3, -0.25) is 14.5 Å². The van der Waals surface area contributed by atoms with Crippen LogP contribution < -0.4 is 10.3 Å². The molecule has 3 heterocycles. The van der Waals surface area contributed by atoms with E-state index in [1.54, 1.807) is 7.11 Å². The van der Waals surface area contributed by atoms with E-state index in [4.69, 9.17) is 9.72 Å². The van der Waals surface area contributed by atoms with Gasteiger partial charge in [-0.15, -0.1) is 0 Å². The molecule has 1 amide bonds. The van der Waals surface area contributed by atoms with Crippen LogP contribution in [0.3, 0.4) is 0 Å². The summed E-state index contributed by atoms with van der Waals surface area (Å²) in [6, 6.07) is 8.05. The molecule has 1 aromatic carbocycles. The lowest BCUT2D eigenvalue weighted by atomic mass is 10.0. The van der Waals surface area contributed by atoms with Gasteiger partial charge in [0.1, 0.15) is 11.6 Å². The Hall–Kier alpha value is -2.67. The minimum atomic E-state index is -0.0345. The number of methoxy groups -OCH3 is 1. The Kier molecular flexibility index (Phi) is 6.18. The summed E-state index contributed by atoms with van der Waals surface area (Å²) < 4.78 is 5.22. The first-order valence-corrected chi connectivity index (χ1v) is 10.8. The highest BCUT2D eigenvalue weighted by Gasteiger charge is 2.30. The number of nitrogens with zero attached hydrogens (tertiary/aromatic N) is 3. The maximum Gasteiger partial charge on any atom is 0.255 e. The molecule has 2 aliphatic rings. The molecule has 0 bridgehead atoms. The smallest absolute Gasteiger partial charge is 0.255 e. The zero-order valence-electron chi connectivity index (χ0n) is 17.8. The van der Waals surface area contributed by atoms with E-state index in [0.717, 1.165) is 61.7 Å². The SMILES string of the molecule is CCCC(=O)N1CCC(c2nc3c(c(=O)[nH]2)CN(Cc2ccc(OC)cc2)CC3)C1. The Bertz CT molecular complexity index is 954. The summed E-state index contributed by atoms with van der Waals surface area (Å²) in [4.78, 5) is 37.0.